The first-order valence-corrected chi connectivity index (χ1v) is 29.1. The minimum atomic E-state index is -2.62. The zero-order valence-corrected chi connectivity index (χ0v) is 49.8. The van der Waals surface area contributed by atoms with Gasteiger partial charge in [0.1, 0.15) is 42.1 Å². The van der Waals surface area contributed by atoms with Gasteiger partial charge in [-0.1, -0.05) is 123 Å². The predicted molar refractivity (Wildman–Crippen MR) is 312 cm³/mol. The Morgan fingerprint density at radius 1 is 0.719 bits per heavy atom. The number of aromatic nitrogens is 1. The number of nitrogens with zero attached hydrogens (tertiary/aromatic N) is 1. The third-order valence-corrected chi connectivity index (χ3v) is 17.5. The summed E-state index contributed by atoms with van der Waals surface area (Å²) in [6.45, 7) is 7.62. The van der Waals surface area contributed by atoms with E-state index in [9.17, 15) is 48.6 Å². The number of Topliss-reactive ketones (excluding diaryl/α,β-unsaturated/α-hetero) is 1. The number of hydrogen-bond acceptors (Lipinski definition) is 19. The molecule has 2 bridgehead atoms. The lowest BCUT2D eigenvalue weighted by molar-refractivity contribution is -0.346. The van der Waals surface area contributed by atoms with Crippen LogP contribution >= 0.6 is 0 Å². The Kier molecular flexibility index (Phi) is 19.1. The summed E-state index contributed by atoms with van der Waals surface area (Å²) in [6.07, 6.45) is -10.8. The van der Waals surface area contributed by atoms with Gasteiger partial charge in [0, 0.05) is 50.9 Å². The molecule has 89 heavy (non-hydrogen) atoms. The van der Waals surface area contributed by atoms with Crippen LogP contribution < -0.4 is 10.6 Å². The Morgan fingerprint density at radius 3 is 1.88 bits per heavy atom. The van der Waals surface area contributed by atoms with Crippen molar-refractivity contribution in [2.45, 2.75) is 140 Å². The topological polar surface area (TPSA) is 313 Å². The number of aliphatic hydroxyl groups is 1. The maximum absolute atomic E-state index is 16.6. The van der Waals surface area contributed by atoms with Crippen molar-refractivity contribution in [3.8, 4) is 0 Å². The molecular weight excluding hydrogens is 1150 g/mol. The van der Waals surface area contributed by atoms with Crippen LogP contribution in [0.15, 0.2) is 157 Å². The number of carbonyl (C=O) groups excluding carboxylic acids is 9. The van der Waals surface area contributed by atoms with Crippen molar-refractivity contribution in [1.29, 1.82) is 0 Å². The molecule has 1 saturated heterocycles. The summed E-state index contributed by atoms with van der Waals surface area (Å²) in [5, 5.41) is 29.5. The average molecular weight is 1220 g/mol. The van der Waals surface area contributed by atoms with E-state index in [2.05, 4.69) is 15.6 Å². The fourth-order valence-corrected chi connectivity index (χ4v) is 13.1. The number of amides is 2. The van der Waals surface area contributed by atoms with Gasteiger partial charge in [-0.25, -0.2) is 9.59 Å². The molecule has 22 nitrogen and oxygen atoms in total. The highest BCUT2D eigenvalue weighted by Gasteiger charge is 2.79. The number of benzene rings is 4. The third kappa shape index (κ3) is 13.2. The Balaban J connectivity index is 1.20. The van der Waals surface area contributed by atoms with Gasteiger partial charge >= 0.3 is 41.8 Å². The van der Waals surface area contributed by atoms with Gasteiger partial charge in [0.2, 0.25) is 12.0 Å². The molecule has 2 amide bonds. The van der Waals surface area contributed by atoms with E-state index in [4.69, 9.17) is 33.2 Å². The van der Waals surface area contributed by atoms with E-state index in [1.54, 1.807) is 97.1 Å². The number of ketones is 1. The van der Waals surface area contributed by atoms with Crippen LogP contribution in [-0.2, 0) is 84.4 Å². The molecule has 4 N–H and O–H groups in total. The summed E-state index contributed by atoms with van der Waals surface area (Å²) < 4.78 is 44.2. The van der Waals surface area contributed by atoms with Crippen LogP contribution in [0, 0.1) is 16.7 Å². The molecule has 12 atom stereocenters. The number of carboxylic acids is 1. The lowest BCUT2D eigenvalue weighted by Crippen LogP contribution is -2.82. The van der Waals surface area contributed by atoms with Gasteiger partial charge in [-0.3, -0.25) is 43.3 Å². The van der Waals surface area contributed by atoms with E-state index in [0.29, 0.717) is 11.1 Å². The van der Waals surface area contributed by atoms with E-state index in [-0.39, 0.29) is 40.7 Å². The molecule has 1 aliphatic heterocycles. The molecule has 2 saturated carbocycles. The number of carboxylic acid groups (broad SMARTS) is 1. The molecule has 5 aromatic rings. The molecule has 4 aromatic carbocycles. The van der Waals surface area contributed by atoms with Gasteiger partial charge in [0.25, 0.3) is 5.91 Å². The first-order valence-electron chi connectivity index (χ1n) is 29.1. The number of esters is 6. The fourth-order valence-electron chi connectivity index (χ4n) is 13.1. The molecule has 0 unspecified atom stereocenters. The molecule has 3 fully saturated rings. The van der Waals surface area contributed by atoms with Crippen molar-refractivity contribution < 1.29 is 91.3 Å². The molecule has 3 aliphatic carbocycles. The monoisotopic (exact) mass is 1220 g/mol. The highest BCUT2D eigenvalue weighted by Crippen LogP contribution is 2.65. The van der Waals surface area contributed by atoms with Crippen molar-refractivity contribution in [2.75, 3.05) is 6.61 Å². The fraction of sp³-hybridized carbons (Fsp3) is 0.388. The van der Waals surface area contributed by atoms with E-state index in [0.717, 1.165) is 13.8 Å². The van der Waals surface area contributed by atoms with Gasteiger partial charge in [-0.15, -0.1) is 0 Å². The van der Waals surface area contributed by atoms with Gasteiger partial charge in [-0.05, 0) is 72.4 Å². The summed E-state index contributed by atoms with van der Waals surface area (Å²) in [4.78, 5) is 147. The standard InChI is InChI=1S/C67H69N3O19/c1-38-47(85-63(81)56(87-52(76)33-42-22-13-8-14-23-42)54(43-24-15-9-16-25-43)70-61(79)46(29-30-50(73)74)69-60(78)45-28-19-31-68-36-45)35-67(82)59(88-62(80)44-26-17-10-18-27-44)57-65(6,58(77)55(84-39(2)71)53(38)64(67,4)5)48(34-49-66(57,37-83-49)89-40(3)72)86-51(75)32-41-20-11-7-12-21-41/h7-28,31,36,46-49,54-57,59,82H,29-30,32-35,37H2,1-6H3,(H,69,78)(H,70,79)(H,73,74)/t46-,47+,48+,49-,54+,55-,56-,57+,59+,65-,66+,67-/m1/s1. The largest absolute Gasteiger partial charge is 0.481 e. The van der Waals surface area contributed by atoms with Crippen molar-refractivity contribution in [2.24, 2.45) is 16.7 Å². The van der Waals surface area contributed by atoms with E-state index < -0.39 is 168 Å². The van der Waals surface area contributed by atoms with E-state index in [1.165, 1.54) is 76.5 Å². The van der Waals surface area contributed by atoms with Crippen molar-refractivity contribution >= 4 is 59.4 Å². The lowest BCUT2D eigenvalue weighted by Gasteiger charge is -2.67. The molecule has 22 heteroatoms. The Labute approximate surface area is 512 Å². The smallest absolute Gasteiger partial charge is 0.350 e. The molecule has 4 aliphatic rings. The van der Waals surface area contributed by atoms with Gasteiger partial charge in [0.05, 0.1) is 41.9 Å². The molecule has 466 valence electrons. The van der Waals surface area contributed by atoms with Crippen LogP contribution in [0.25, 0.3) is 0 Å². The SMILES string of the molecule is CC(=O)O[C@H]1C(=O)[C@]2(C)[C@@H](OC(=O)Cc3ccccc3)C[C@H]3OC[C@@]3(OC(C)=O)[C@H]2[C@H](OC(=O)c2ccccc2)[C@]2(O)C[C@H](OC(=O)[C@H](OC(=O)Cc3ccccc3)[C@@H](NC(=O)[C@@H](CCC(=O)O)NC(=O)c3cccnc3)c3ccccc3)C(C)=C1C2(C)C. The highest BCUT2D eigenvalue weighted by molar-refractivity contribution is 5.98. The zero-order chi connectivity index (χ0) is 64.0. The lowest BCUT2D eigenvalue weighted by atomic mass is 9.44. The van der Waals surface area contributed by atoms with Gasteiger partial charge in [-0.2, -0.15) is 0 Å². The maximum atomic E-state index is 16.6. The maximum Gasteiger partial charge on any atom is 0.350 e. The van der Waals surface area contributed by atoms with Gasteiger partial charge in [0.15, 0.2) is 17.5 Å². The summed E-state index contributed by atoms with van der Waals surface area (Å²) in [5.74, 6) is -11.9. The van der Waals surface area contributed by atoms with Crippen LogP contribution in [0.3, 0.4) is 0 Å². The summed E-state index contributed by atoms with van der Waals surface area (Å²) in [5.41, 5.74) is -7.61. The zero-order valence-electron chi connectivity index (χ0n) is 49.8. The second-order valence-corrected chi connectivity index (χ2v) is 23.5. The minimum Gasteiger partial charge on any atom is -0.481 e. The summed E-state index contributed by atoms with van der Waals surface area (Å²) >= 11 is 0. The van der Waals surface area contributed by atoms with E-state index in [1.807, 2.05) is 0 Å². The number of fused-ring (bicyclic) bond motifs is 5. The number of carbonyl (C=O) groups is 10. The molecule has 1 aromatic heterocycles. The van der Waals surface area contributed by atoms with Crippen LogP contribution in [0.4, 0.5) is 0 Å². The Bertz CT molecular complexity index is 3530. The number of ether oxygens (including phenoxy) is 7. The molecule has 0 radical (unpaired) electrons. The number of hydrogen-bond donors (Lipinski definition) is 4. The summed E-state index contributed by atoms with van der Waals surface area (Å²) in [7, 11) is 0. The third-order valence-electron chi connectivity index (χ3n) is 17.5. The number of rotatable bonds is 21. The van der Waals surface area contributed by atoms with Gasteiger partial charge < -0.3 is 54.0 Å². The number of nitrogens with one attached hydrogen (secondary N) is 2. The predicted octanol–water partition coefficient (Wildman–Crippen LogP) is 6.07. The van der Waals surface area contributed by atoms with Crippen LogP contribution in [0.1, 0.15) is 111 Å². The van der Waals surface area contributed by atoms with Crippen LogP contribution in [0.5, 0.6) is 0 Å². The molecular formula is C67H69N3O19. The quantitative estimate of drug-likeness (QED) is 0.0368. The molecule has 9 rings (SSSR count). The second kappa shape index (κ2) is 26.5. The average Bonchev–Trinajstić information content (AvgIpc) is 0.671. The highest BCUT2D eigenvalue weighted by atomic mass is 16.6. The summed E-state index contributed by atoms with van der Waals surface area (Å²) in [6, 6.07) is 32.0. The van der Waals surface area contributed by atoms with Crippen LogP contribution in [0.2, 0.25) is 0 Å². The van der Waals surface area contributed by atoms with Crippen LogP contribution in [-0.4, -0.2) is 135 Å². The first kappa shape index (κ1) is 64.1. The van der Waals surface area contributed by atoms with Crippen molar-refractivity contribution in [3.05, 3.63) is 185 Å². The van der Waals surface area contributed by atoms with Crippen molar-refractivity contribution in [3.63, 3.8) is 0 Å². The molecule has 0 spiro atoms. The Hall–Kier alpha value is -9.41. The van der Waals surface area contributed by atoms with Crippen molar-refractivity contribution in [1.82, 2.24) is 15.6 Å². The second-order valence-electron chi connectivity index (χ2n) is 23.5. The molecule has 2 heterocycles. The minimum absolute atomic E-state index is 0.0203. The number of pyridine rings is 1. The van der Waals surface area contributed by atoms with E-state index >= 15 is 9.59 Å². The normalized spacial score (nSPS) is 25.8. The Morgan fingerprint density at radius 2 is 1.31 bits per heavy atom. The first-order chi connectivity index (χ1) is 42.4. The number of aliphatic carboxylic acids is 1.